The third kappa shape index (κ3) is 8.51. The van der Waals surface area contributed by atoms with Gasteiger partial charge in [0.2, 0.25) is 0 Å². The quantitative estimate of drug-likeness (QED) is 0.168. The maximum atomic E-state index is 13.0. The van der Waals surface area contributed by atoms with Crippen molar-refractivity contribution in [3.8, 4) is 0 Å². The van der Waals surface area contributed by atoms with Gasteiger partial charge < -0.3 is 24.2 Å². The number of carbonyl (C=O) groups is 3. The van der Waals surface area contributed by atoms with E-state index in [1.54, 1.807) is 72.8 Å². The van der Waals surface area contributed by atoms with Gasteiger partial charge in [0, 0.05) is 0 Å². The summed E-state index contributed by atoms with van der Waals surface area (Å²) < 4.78 is 16.5. The monoisotopic (exact) mass is 533 g/mol. The van der Waals surface area contributed by atoms with Crippen LogP contribution in [-0.2, 0) is 19.0 Å². The zero-order valence-corrected chi connectivity index (χ0v) is 22.2. The van der Waals surface area contributed by atoms with E-state index < -0.39 is 42.8 Å². The molecule has 3 aromatic carbocycles. The number of esters is 3. The summed E-state index contributed by atoms with van der Waals surface area (Å²) in [4.78, 5) is 43.1. The molecule has 0 aliphatic rings. The maximum absolute atomic E-state index is 13.0. The summed E-state index contributed by atoms with van der Waals surface area (Å²) in [5.41, 5.74) is 3.57. The third-order valence-corrected chi connectivity index (χ3v) is 5.75. The number of ether oxygens (including phenoxy) is 3. The molecule has 0 aliphatic carbocycles. The van der Waals surface area contributed by atoms with Crippen molar-refractivity contribution >= 4 is 24.1 Å². The van der Waals surface area contributed by atoms with Crippen LogP contribution in [0, 0.1) is 20.8 Å². The highest BCUT2D eigenvalue weighted by Crippen LogP contribution is 2.17. The lowest BCUT2D eigenvalue weighted by molar-refractivity contribution is -0.0784. The van der Waals surface area contributed by atoms with Crippen LogP contribution >= 0.6 is 0 Å². The van der Waals surface area contributed by atoms with E-state index in [1.807, 2.05) is 20.8 Å². The van der Waals surface area contributed by atoms with Gasteiger partial charge in [0.15, 0.2) is 12.2 Å². The predicted octanol–water partition coefficient (Wildman–Crippen LogP) is 4.21. The zero-order chi connectivity index (χ0) is 28.4. The average molecular weight is 534 g/mol. The predicted molar refractivity (Wildman–Crippen MR) is 144 cm³/mol. The number of hydrogen-bond donors (Lipinski definition) is 1. The molecule has 0 saturated carbocycles. The fraction of sp³-hybridized carbons (Fsp3) is 0.267. The van der Waals surface area contributed by atoms with E-state index in [0.717, 1.165) is 22.9 Å². The number of carbonyl (C=O) groups excluding carboxylic acids is 3. The Labute approximate surface area is 227 Å². The van der Waals surface area contributed by atoms with Crippen molar-refractivity contribution < 1.29 is 38.5 Å². The molecule has 0 bridgehead atoms. The molecule has 0 spiro atoms. The molecule has 39 heavy (non-hydrogen) atoms. The highest BCUT2D eigenvalue weighted by atomic mass is 16.6. The van der Waals surface area contributed by atoms with E-state index >= 15 is 0 Å². The van der Waals surface area contributed by atoms with Crippen LogP contribution in [0.1, 0.15) is 47.8 Å². The smallest absolute Gasteiger partial charge is 0.338 e. The molecule has 3 rings (SSSR count). The second kappa shape index (κ2) is 13.9. The summed E-state index contributed by atoms with van der Waals surface area (Å²) in [6.07, 6.45) is -3.39. The first-order chi connectivity index (χ1) is 18.7. The minimum atomic E-state index is -1.59. The molecule has 0 heterocycles. The van der Waals surface area contributed by atoms with Crippen LogP contribution in [0.5, 0.6) is 0 Å². The first kappa shape index (κ1) is 29.1. The Morgan fingerprint density at radius 2 is 1.13 bits per heavy atom. The number of aliphatic hydroxyl groups is 1. The summed E-state index contributed by atoms with van der Waals surface area (Å²) in [5.74, 6) is -2.22. The van der Waals surface area contributed by atoms with Crippen molar-refractivity contribution in [2.24, 2.45) is 5.16 Å². The van der Waals surface area contributed by atoms with Crippen LogP contribution in [0.3, 0.4) is 0 Å². The first-order valence-corrected chi connectivity index (χ1v) is 12.2. The Hall–Kier alpha value is -4.50. The Morgan fingerprint density at radius 3 is 1.56 bits per heavy atom. The van der Waals surface area contributed by atoms with Crippen molar-refractivity contribution in [2.75, 3.05) is 13.7 Å². The molecule has 0 aliphatic heterocycles. The van der Waals surface area contributed by atoms with Crippen molar-refractivity contribution in [3.05, 3.63) is 106 Å². The molecule has 0 amide bonds. The Balaban J connectivity index is 1.85. The Morgan fingerprint density at radius 1 is 0.718 bits per heavy atom. The van der Waals surface area contributed by atoms with E-state index in [0.29, 0.717) is 0 Å². The summed E-state index contributed by atoms with van der Waals surface area (Å²) in [5, 5.41) is 14.7. The molecular weight excluding hydrogens is 502 g/mol. The molecule has 9 heteroatoms. The van der Waals surface area contributed by atoms with Gasteiger partial charge in [-0.05, 0) is 57.2 Å². The van der Waals surface area contributed by atoms with Crippen molar-refractivity contribution in [1.29, 1.82) is 0 Å². The molecular formula is C30H31NO8. The maximum Gasteiger partial charge on any atom is 0.338 e. The minimum Gasteiger partial charge on any atom is -0.459 e. The molecule has 0 radical (unpaired) electrons. The lowest BCUT2D eigenvalue weighted by Crippen LogP contribution is -2.46. The molecule has 3 atom stereocenters. The highest BCUT2D eigenvalue weighted by Gasteiger charge is 2.36. The SMILES string of the molecule is CON=C[C@@H](OC(=O)c1ccc(C)cc1)[C@@H](OC(=O)c1ccc(C)cc1)[C@H](O)COC(=O)c1ccc(C)cc1. The van der Waals surface area contributed by atoms with Crippen LogP contribution in [0.25, 0.3) is 0 Å². The van der Waals surface area contributed by atoms with Crippen molar-refractivity contribution in [3.63, 3.8) is 0 Å². The summed E-state index contributed by atoms with van der Waals surface area (Å²) in [6.45, 7) is 5.06. The Kier molecular flexibility index (Phi) is 10.3. The van der Waals surface area contributed by atoms with Crippen molar-refractivity contribution in [1.82, 2.24) is 0 Å². The van der Waals surface area contributed by atoms with Gasteiger partial charge >= 0.3 is 17.9 Å². The number of oxime groups is 1. The van der Waals surface area contributed by atoms with Gasteiger partial charge in [-0.3, -0.25) is 0 Å². The Bertz CT molecular complexity index is 1280. The van der Waals surface area contributed by atoms with E-state index in [-0.39, 0.29) is 16.7 Å². The van der Waals surface area contributed by atoms with Crippen LogP contribution in [0.2, 0.25) is 0 Å². The summed E-state index contributed by atoms with van der Waals surface area (Å²) in [6, 6.07) is 19.9. The standard InChI is InChI=1S/C30H31NO8/c1-19-5-11-22(12-6-19)28(33)37-18-25(32)27(39-30(35)24-15-9-21(3)10-16-24)26(17-31-36-4)38-29(34)23-13-7-20(2)8-14-23/h5-17,25-27,32H,18H2,1-4H3/t25-,26-,27+/m1/s1. The van der Waals surface area contributed by atoms with E-state index in [4.69, 9.17) is 19.0 Å². The third-order valence-electron chi connectivity index (χ3n) is 5.75. The fourth-order valence-corrected chi connectivity index (χ4v) is 3.46. The number of benzene rings is 3. The molecule has 0 saturated heterocycles. The number of hydrogen-bond acceptors (Lipinski definition) is 9. The van der Waals surface area contributed by atoms with Gasteiger partial charge in [-0.1, -0.05) is 58.2 Å². The van der Waals surface area contributed by atoms with Gasteiger partial charge in [-0.2, -0.15) is 0 Å². The van der Waals surface area contributed by atoms with Crippen molar-refractivity contribution in [2.45, 2.75) is 39.1 Å². The van der Waals surface area contributed by atoms with Gasteiger partial charge in [0.1, 0.15) is 19.8 Å². The molecule has 3 aromatic rings. The largest absolute Gasteiger partial charge is 0.459 e. The van der Waals surface area contributed by atoms with Crippen LogP contribution in [-0.4, -0.2) is 61.3 Å². The average Bonchev–Trinajstić information content (AvgIpc) is 2.93. The van der Waals surface area contributed by atoms with Gasteiger partial charge in [-0.15, -0.1) is 0 Å². The second-order valence-corrected chi connectivity index (χ2v) is 8.94. The molecule has 0 unspecified atom stereocenters. The van der Waals surface area contributed by atoms with E-state index in [1.165, 1.54) is 7.11 Å². The van der Waals surface area contributed by atoms with Gasteiger partial charge in [-0.25, -0.2) is 14.4 Å². The minimum absolute atomic E-state index is 0.210. The lowest BCUT2D eigenvalue weighted by Gasteiger charge is -2.28. The van der Waals surface area contributed by atoms with E-state index in [2.05, 4.69) is 5.16 Å². The normalized spacial score (nSPS) is 13.3. The lowest BCUT2D eigenvalue weighted by atomic mass is 10.1. The van der Waals surface area contributed by atoms with Gasteiger partial charge in [0.05, 0.1) is 22.9 Å². The molecule has 1 N–H and O–H groups in total. The second-order valence-electron chi connectivity index (χ2n) is 8.94. The topological polar surface area (TPSA) is 121 Å². The summed E-state index contributed by atoms with van der Waals surface area (Å²) in [7, 11) is 1.28. The summed E-state index contributed by atoms with van der Waals surface area (Å²) >= 11 is 0. The van der Waals surface area contributed by atoms with Crippen LogP contribution < -0.4 is 0 Å². The zero-order valence-electron chi connectivity index (χ0n) is 22.2. The van der Waals surface area contributed by atoms with Crippen LogP contribution in [0.4, 0.5) is 0 Å². The number of rotatable bonds is 11. The highest BCUT2D eigenvalue weighted by molar-refractivity contribution is 5.92. The molecule has 0 fully saturated rings. The molecule has 0 aromatic heterocycles. The number of aryl methyl sites for hydroxylation is 3. The molecule has 204 valence electrons. The fourth-order valence-electron chi connectivity index (χ4n) is 3.46. The number of nitrogens with zero attached hydrogens (tertiary/aromatic N) is 1. The molecule has 9 nitrogen and oxygen atoms in total. The van der Waals surface area contributed by atoms with Crippen LogP contribution in [0.15, 0.2) is 78.0 Å². The first-order valence-electron chi connectivity index (χ1n) is 12.2. The van der Waals surface area contributed by atoms with E-state index in [9.17, 15) is 19.5 Å². The number of aliphatic hydroxyl groups excluding tert-OH is 1. The van der Waals surface area contributed by atoms with Gasteiger partial charge in [0.25, 0.3) is 0 Å².